The van der Waals surface area contributed by atoms with Gasteiger partial charge in [-0.05, 0) is 43.5 Å². The quantitative estimate of drug-likeness (QED) is 0.834. The van der Waals surface area contributed by atoms with E-state index < -0.39 is 10.0 Å². The fourth-order valence-electron chi connectivity index (χ4n) is 1.67. The maximum absolute atomic E-state index is 12.1. The lowest BCUT2D eigenvalue weighted by Crippen LogP contribution is -2.39. The first-order valence-corrected chi connectivity index (χ1v) is 7.18. The van der Waals surface area contributed by atoms with E-state index in [4.69, 9.17) is 5.73 Å². The summed E-state index contributed by atoms with van der Waals surface area (Å²) in [5, 5.41) is 0. The highest BCUT2D eigenvalue weighted by molar-refractivity contribution is 7.89. The van der Waals surface area contributed by atoms with Crippen LogP contribution in [-0.4, -0.2) is 21.0 Å². The molecule has 1 atom stereocenters. The van der Waals surface area contributed by atoms with E-state index in [-0.39, 0.29) is 6.04 Å². The number of rotatable bonds is 5. The first-order chi connectivity index (χ1) is 7.89. The summed E-state index contributed by atoms with van der Waals surface area (Å²) in [5.41, 5.74) is 7.37. The van der Waals surface area contributed by atoms with E-state index in [2.05, 4.69) is 4.72 Å². The van der Waals surface area contributed by atoms with Crippen molar-refractivity contribution < 1.29 is 8.42 Å². The van der Waals surface area contributed by atoms with Crippen LogP contribution in [-0.2, 0) is 10.0 Å². The highest BCUT2D eigenvalue weighted by atomic mass is 32.2. The lowest BCUT2D eigenvalue weighted by atomic mass is 10.2. The summed E-state index contributed by atoms with van der Waals surface area (Å²) in [7, 11) is -3.46. The van der Waals surface area contributed by atoms with Crippen LogP contribution in [0.4, 0.5) is 0 Å². The Morgan fingerprint density at radius 2 is 1.76 bits per heavy atom. The van der Waals surface area contributed by atoms with Gasteiger partial charge in [-0.25, -0.2) is 13.1 Å². The molecule has 0 spiro atoms. The van der Waals surface area contributed by atoms with Crippen molar-refractivity contribution >= 4 is 10.0 Å². The molecule has 0 saturated heterocycles. The average Bonchev–Trinajstić information content (AvgIpc) is 2.24. The van der Waals surface area contributed by atoms with Gasteiger partial charge in [0.15, 0.2) is 0 Å². The van der Waals surface area contributed by atoms with E-state index in [0.29, 0.717) is 17.9 Å². The molecule has 0 aliphatic rings. The van der Waals surface area contributed by atoms with Crippen molar-refractivity contribution in [3.05, 3.63) is 29.3 Å². The fourth-order valence-corrected chi connectivity index (χ4v) is 3.19. The van der Waals surface area contributed by atoms with Crippen molar-refractivity contribution in [2.45, 2.75) is 38.1 Å². The lowest BCUT2D eigenvalue weighted by Gasteiger charge is -2.15. The van der Waals surface area contributed by atoms with Gasteiger partial charge < -0.3 is 5.73 Å². The number of hydrogen-bond acceptors (Lipinski definition) is 3. The first kappa shape index (κ1) is 14.2. The van der Waals surface area contributed by atoms with E-state index in [9.17, 15) is 8.42 Å². The second-order valence-electron chi connectivity index (χ2n) is 4.29. The molecule has 0 fully saturated rings. The van der Waals surface area contributed by atoms with Crippen LogP contribution < -0.4 is 10.5 Å². The van der Waals surface area contributed by atoms with E-state index in [0.717, 1.165) is 11.1 Å². The maximum atomic E-state index is 12.1. The summed E-state index contributed by atoms with van der Waals surface area (Å²) in [6, 6.07) is 5.07. The minimum atomic E-state index is -3.46. The Kier molecular flexibility index (Phi) is 4.68. The van der Waals surface area contributed by atoms with Gasteiger partial charge >= 0.3 is 0 Å². The predicted octanol–water partition coefficient (Wildman–Crippen LogP) is 1.32. The maximum Gasteiger partial charge on any atom is 0.240 e. The van der Waals surface area contributed by atoms with Crippen LogP contribution >= 0.6 is 0 Å². The van der Waals surface area contributed by atoms with Gasteiger partial charge in [-0.1, -0.05) is 13.0 Å². The third kappa shape index (κ3) is 3.80. The second kappa shape index (κ2) is 5.62. The van der Waals surface area contributed by atoms with Crippen LogP contribution in [0.1, 0.15) is 24.5 Å². The zero-order valence-electron chi connectivity index (χ0n) is 10.5. The monoisotopic (exact) mass is 256 g/mol. The minimum Gasteiger partial charge on any atom is -0.329 e. The van der Waals surface area contributed by atoms with E-state index >= 15 is 0 Å². The molecule has 0 aromatic heterocycles. The number of benzene rings is 1. The molecule has 5 heteroatoms. The van der Waals surface area contributed by atoms with E-state index in [1.165, 1.54) is 0 Å². The summed E-state index contributed by atoms with van der Waals surface area (Å²) in [6.45, 7) is 5.97. The molecule has 1 unspecified atom stereocenters. The van der Waals surface area contributed by atoms with Crippen molar-refractivity contribution in [1.29, 1.82) is 0 Å². The zero-order chi connectivity index (χ0) is 13.1. The fraction of sp³-hybridized carbons (Fsp3) is 0.500. The second-order valence-corrected chi connectivity index (χ2v) is 6.00. The summed E-state index contributed by atoms with van der Waals surface area (Å²) in [4.78, 5) is 0.307. The predicted molar refractivity (Wildman–Crippen MR) is 69.4 cm³/mol. The standard InChI is InChI=1S/C12H20N2O2S/c1-4-11(8-13)14-17(15,16)12-6-9(2)5-10(3)7-12/h5-7,11,14H,4,8,13H2,1-3H3. The minimum absolute atomic E-state index is 0.208. The molecule has 0 heterocycles. The molecule has 0 amide bonds. The van der Waals surface area contributed by atoms with Gasteiger partial charge in [0.25, 0.3) is 0 Å². The van der Waals surface area contributed by atoms with Crippen molar-refractivity contribution in [3.63, 3.8) is 0 Å². The normalized spacial score (nSPS) is 13.6. The SMILES string of the molecule is CCC(CN)NS(=O)(=O)c1cc(C)cc(C)c1. The molecule has 0 bridgehead atoms. The molecular formula is C12H20N2O2S. The highest BCUT2D eigenvalue weighted by Gasteiger charge is 2.18. The number of nitrogens with one attached hydrogen (secondary N) is 1. The molecule has 1 rings (SSSR count). The van der Waals surface area contributed by atoms with Gasteiger partial charge in [0.05, 0.1) is 4.90 Å². The van der Waals surface area contributed by atoms with Gasteiger partial charge in [-0.3, -0.25) is 0 Å². The van der Waals surface area contributed by atoms with Crippen LogP contribution in [0.5, 0.6) is 0 Å². The Morgan fingerprint density at radius 1 is 1.24 bits per heavy atom. The molecule has 0 aliphatic heterocycles. The summed E-state index contributed by atoms with van der Waals surface area (Å²) in [6.07, 6.45) is 0.681. The van der Waals surface area contributed by atoms with Gasteiger partial charge in [0.1, 0.15) is 0 Å². The first-order valence-electron chi connectivity index (χ1n) is 5.69. The number of sulfonamides is 1. The zero-order valence-corrected chi connectivity index (χ0v) is 11.3. The molecule has 17 heavy (non-hydrogen) atoms. The molecular weight excluding hydrogens is 236 g/mol. The van der Waals surface area contributed by atoms with Crippen LogP contribution in [0.25, 0.3) is 0 Å². The van der Waals surface area contributed by atoms with E-state index in [1.54, 1.807) is 12.1 Å². The van der Waals surface area contributed by atoms with Gasteiger partial charge in [-0.2, -0.15) is 0 Å². The number of hydrogen-bond donors (Lipinski definition) is 2. The van der Waals surface area contributed by atoms with Crippen LogP contribution in [0.3, 0.4) is 0 Å². The molecule has 0 saturated carbocycles. The van der Waals surface area contributed by atoms with Crippen molar-refractivity contribution in [3.8, 4) is 0 Å². The lowest BCUT2D eigenvalue weighted by molar-refractivity contribution is 0.542. The average molecular weight is 256 g/mol. The molecule has 3 N–H and O–H groups in total. The summed E-state index contributed by atoms with van der Waals surface area (Å²) >= 11 is 0. The largest absolute Gasteiger partial charge is 0.329 e. The summed E-state index contributed by atoms with van der Waals surface area (Å²) < 4.78 is 26.8. The topological polar surface area (TPSA) is 72.2 Å². The smallest absolute Gasteiger partial charge is 0.240 e. The molecule has 96 valence electrons. The molecule has 1 aromatic carbocycles. The van der Waals surface area contributed by atoms with Crippen LogP contribution in [0, 0.1) is 13.8 Å². The van der Waals surface area contributed by atoms with Gasteiger partial charge in [0, 0.05) is 12.6 Å². The van der Waals surface area contributed by atoms with Crippen LogP contribution in [0.15, 0.2) is 23.1 Å². The number of aryl methyl sites for hydroxylation is 2. The third-order valence-corrected chi connectivity index (χ3v) is 4.10. The van der Waals surface area contributed by atoms with Gasteiger partial charge in [-0.15, -0.1) is 0 Å². The molecule has 0 aliphatic carbocycles. The van der Waals surface area contributed by atoms with Crippen molar-refractivity contribution in [2.75, 3.05) is 6.54 Å². The van der Waals surface area contributed by atoms with Crippen molar-refractivity contribution in [1.82, 2.24) is 4.72 Å². The summed E-state index contributed by atoms with van der Waals surface area (Å²) in [5.74, 6) is 0. The number of nitrogens with two attached hydrogens (primary N) is 1. The third-order valence-electron chi connectivity index (χ3n) is 2.60. The molecule has 4 nitrogen and oxygen atoms in total. The van der Waals surface area contributed by atoms with Gasteiger partial charge in [0.2, 0.25) is 10.0 Å². The van der Waals surface area contributed by atoms with Crippen LogP contribution in [0.2, 0.25) is 0 Å². The Labute approximate surface area is 103 Å². The Bertz CT molecular complexity index is 459. The van der Waals surface area contributed by atoms with E-state index in [1.807, 2.05) is 26.8 Å². The molecule has 0 radical (unpaired) electrons. The molecule has 1 aromatic rings. The van der Waals surface area contributed by atoms with Crippen molar-refractivity contribution in [2.24, 2.45) is 5.73 Å². The highest BCUT2D eigenvalue weighted by Crippen LogP contribution is 2.14. The Balaban J connectivity index is 3.04. The Morgan fingerprint density at radius 3 is 2.18 bits per heavy atom. The Hall–Kier alpha value is -0.910.